The summed E-state index contributed by atoms with van der Waals surface area (Å²) in [6, 6.07) is 3.69. The number of aromatic nitrogens is 2. The number of amides is 1. The number of anilines is 1. The van der Waals surface area contributed by atoms with Crippen LogP contribution in [0.15, 0.2) is 29.0 Å². The Hall–Kier alpha value is -2.41. The number of nitrogens with one attached hydrogen (secondary N) is 2. The van der Waals surface area contributed by atoms with Gasteiger partial charge >= 0.3 is 0 Å². The van der Waals surface area contributed by atoms with E-state index in [0.29, 0.717) is 30.2 Å². The van der Waals surface area contributed by atoms with Gasteiger partial charge in [0.25, 0.3) is 5.91 Å². The predicted molar refractivity (Wildman–Crippen MR) is 96.9 cm³/mol. The Morgan fingerprint density at radius 1 is 1.19 bits per heavy atom. The lowest BCUT2D eigenvalue weighted by atomic mass is 9.87. The lowest BCUT2D eigenvalue weighted by Gasteiger charge is -2.29. The first-order valence-electron chi connectivity index (χ1n) is 9.33. The molecule has 0 saturated heterocycles. The van der Waals surface area contributed by atoms with E-state index in [1.54, 1.807) is 6.20 Å². The number of rotatable bonds is 0. The number of carbonyl (C=O) groups is 1. The number of hydrogen-bond donors (Lipinski definition) is 2. The van der Waals surface area contributed by atoms with E-state index >= 15 is 0 Å². The summed E-state index contributed by atoms with van der Waals surface area (Å²) < 4.78 is 11.5. The number of oxazole rings is 1. The second-order valence-corrected chi connectivity index (χ2v) is 6.98. The van der Waals surface area contributed by atoms with Gasteiger partial charge in [-0.25, -0.2) is 9.97 Å². The van der Waals surface area contributed by atoms with E-state index < -0.39 is 0 Å². The van der Waals surface area contributed by atoms with Crippen LogP contribution in [-0.2, 0) is 4.74 Å². The van der Waals surface area contributed by atoms with Gasteiger partial charge in [-0.15, -0.1) is 0 Å². The van der Waals surface area contributed by atoms with Crippen molar-refractivity contribution in [1.29, 1.82) is 0 Å². The normalized spacial score (nSPS) is 24.2. The summed E-state index contributed by atoms with van der Waals surface area (Å²) in [6.07, 6.45) is 8.71. The lowest BCUT2D eigenvalue weighted by molar-refractivity contribution is 0.0131. The number of carbonyl (C=O) groups excluding carboxylic acids is 1. The van der Waals surface area contributed by atoms with Crippen molar-refractivity contribution >= 4 is 11.7 Å². The van der Waals surface area contributed by atoms with Crippen molar-refractivity contribution in [1.82, 2.24) is 15.3 Å². The molecule has 1 aliphatic carbocycles. The fourth-order valence-electron chi connectivity index (χ4n) is 3.62. The Morgan fingerprint density at radius 2 is 2.15 bits per heavy atom. The minimum atomic E-state index is -0.195. The summed E-state index contributed by atoms with van der Waals surface area (Å²) in [5.41, 5.74) is 1.09. The first kappa shape index (κ1) is 17.0. The summed E-state index contributed by atoms with van der Waals surface area (Å²) in [7, 11) is 0. The maximum absolute atomic E-state index is 12.4. The third kappa shape index (κ3) is 4.04. The third-order valence-electron chi connectivity index (χ3n) is 5.01. The van der Waals surface area contributed by atoms with Crippen LogP contribution < -0.4 is 10.6 Å². The summed E-state index contributed by atoms with van der Waals surface area (Å²) >= 11 is 0. The molecule has 2 aliphatic rings. The molecule has 1 fully saturated rings. The molecule has 26 heavy (non-hydrogen) atoms. The van der Waals surface area contributed by atoms with Crippen molar-refractivity contribution in [3.63, 3.8) is 0 Å². The predicted octanol–water partition coefficient (Wildman–Crippen LogP) is 2.86. The first-order chi connectivity index (χ1) is 12.8. The van der Waals surface area contributed by atoms with Crippen LogP contribution >= 0.6 is 0 Å². The number of hydrogen-bond acceptors (Lipinski definition) is 6. The van der Waals surface area contributed by atoms with E-state index in [2.05, 4.69) is 20.6 Å². The van der Waals surface area contributed by atoms with Crippen molar-refractivity contribution in [3.8, 4) is 11.5 Å². The Labute approximate surface area is 152 Å². The molecule has 2 atom stereocenters. The molecule has 1 aliphatic heterocycles. The van der Waals surface area contributed by atoms with Crippen LogP contribution in [0.2, 0.25) is 0 Å². The summed E-state index contributed by atoms with van der Waals surface area (Å²) in [4.78, 5) is 21.0. The van der Waals surface area contributed by atoms with Crippen molar-refractivity contribution in [2.75, 3.05) is 25.0 Å². The minimum absolute atomic E-state index is 0.195. The van der Waals surface area contributed by atoms with Crippen molar-refractivity contribution < 1.29 is 13.9 Å². The van der Waals surface area contributed by atoms with Gasteiger partial charge in [-0.1, -0.05) is 6.42 Å². The van der Waals surface area contributed by atoms with E-state index in [1.165, 1.54) is 6.26 Å². The molecular formula is C19H24N4O3. The van der Waals surface area contributed by atoms with E-state index in [-0.39, 0.29) is 5.91 Å². The zero-order valence-electron chi connectivity index (χ0n) is 14.7. The van der Waals surface area contributed by atoms with Gasteiger partial charge in [0, 0.05) is 31.5 Å². The molecule has 0 aromatic carbocycles. The summed E-state index contributed by atoms with van der Waals surface area (Å²) in [5.74, 6) is 1.44. The van der Waals surface area contributed by atoms with E-state index in [1.807, 2.05) is 12.1 Å². The Bertz CT molecular complexity index is 761. The molecule has 6 bridgehead atoms. The highest BCUT2D eigenvalue weighted by Gasteiger charge is 2.23. The number of pyridine rings is 1. The highest BCUT2D eigenvalue weighted by atomic mass is 16.5. The molecule has 4 rings (SSSR count). The largest absolute Gasteiger partial charge is 0.444 e. The first-order valence-corrected chi connectivity index (χ1v) is 9.33. The third-order valence-corrected chi connectivity index (χ3v) is 5.01. The fraction of sp³-hybridized carbons (Fsp3) is 0.526. The van der Waals surface area contributed by atoms with Crippen LogP contribution in [0.5, 0.6) is 0 Å². The molecule has 0 radical (unpaired) electrons. The average Bonchev–Trinajstić information content (AvgIpc) is 3.16. The van der Waals surface area contributed by atoms with E-state index in [9.17, 15) is 4.79 Å². The fourth-order valence-corrected chi connectivity index (χ4v) is 3.62. The Morgan fingerprint density at radius 3 is 3.12 bits per heavy atom. The van der Waals surface area contributed by atoms with Crippen molar-refractivity contribution in [3.05, 3.63) is 30.3 Å². The summed E-state index contributed by atoms with van der Waals surface area (Å²) in [5, 5.41) is 6.30. The minimum Gasteiger partial charge on any atom is -0.444 e. The smallest absolute Gasteiger partial charge is 0.273 e. The zero-order valence-corrected chi connectivity index (χ0v) is 14.7. The van der Waals surface area contributed by atoms with Gasteiger partial charge in [-0.2, -0.15) is 0 Å². The van der Waals surface area contributed by atoms with Gasteiger partial charge in [-0.05, 0) is 43.7 Å². The van der Waals surface area contributed by atoms with Gasteiger partial charge in [0.2, 0.25) is 5.89 Å². The number of nitrogens with zero attached hydrogens (tertiary/aromatic N) is 2. The highest BCUT2D eigenvalue weighted by molar-refractivity contribution is 5.92. The van der Waals surface area contributed by atoms with Crippen LogP contribution in [0, 0.1) is 5.92 Å². The van der Waals surface area contributed by atoms with Gasteiger partial charge in [0.15, 0.2) is 5.69 Å². The second-order valence-electron chi connectivity index (χ2n) is 6.98. The molecule has 2 N–H and O–H groups in total. The second kappa shape index (κ2) is 7.86. The monoisotopic (exact) mass is 356 g/mol. The molecule has 2 aromatic rings. The molecule has 0 spiro atoms. The molecule has 2 aromatic heterocycles. The van der Waals surface area contributed by atoms with Crippen LogP contribution in [0.3, 0.4) is 0 Å². The van der Waals surface area contributed by atoms with E-state index in [0.717, 1.165) is 56.6 Å². The molecule has 1 saturated carbocycles. The van der Waals surface area contributed by atoms with Gasteiger partial charge in [0.1, 0.15) is 12.1 Å². The molecule has 7 nitrogen and oxygen atoms in total. The Balaban J connectivity index is 1.54. The van der Waals surface area contributed by atoms with Crippen molar-refractivity contribution in [2.24, 2.45) is 5.92 Å². The lowest BCUT2D eigenvalue weighted by Crippen LogP contribution is -2.34. The van der Waals surface area contributed by atoms with Gasteiger partial charge in [-0.3, -0.25) is 4.79 Å². The van der Waals surface area contributed by atoms with Crippen molar-refractivity contribution in [2.45, 2.75) is 38.2 Å². The quantitative estimate of drug-likeness (QED) is 0.754. The molecule has 138 valence electrons. The van der Waals surface area contributed by atoms with Crippen LogP contribution in [0.4, 0.5) is 5.82 Å². The maximum Gasteiger partial charge on any atom is 0.273 e. The van der Waals surface area contributed by atoms with Gasteiger partial charge < -0.3 is 19.8 Å². The number of ether oxygens (including phenoxy) is 1. The molecule has 7 heteroatoms. The molecule has 3 heterocycles. The van der Waals surface area contributed by atoms with Crippen LogP contribution in [-0.4, -0.2) is 41.7 Å². The SMILES string of the molecule is O=C1NCC2CCCC(C2)OCCCNc2cc(ccn2)-c2nc1co2. The zero-order chi connectivity index (χ0) is 17.8. The van der Waals surface area contributed by atoms with Crippen LogP contribution in [0.1, 0.15) is 42.6 Å². The molecule has 2 unspecified atom stereocenters. The van der Waals surface area contributed by atoms with E-state index in [4.69, 9.17) is 9.15 Å². The highest BCUT2D eigenvalue weighted by Crippen LogP contribution is 2.26. The van der Waals surface area contributed by atoms with Gasteiger partial charge in [0.05, 0.1) is 6.10 Å². The topological polar surface area (TPSA) is 89.3 Å². The maximum atomic E-state index is 12.4. The molecule has 1 amide bonds. The Kier molecular flexibility index (Phi) is 5.15. The molecular weight excluding hydrogens is 332 g/mol. The standard InChI is InChI=1S/C19H24N4O3/c24-18-16-12-26-19(23-16)14-5-7-21-17(10-14)20-6-2-8-25-15-4-1-3-13(9-15)11-22-18/h5,7,10,12-13,15H,1-4,6,8-9,11H2,(H,20,21)(H,22,24). The average molecular weight is 356 g/mol. The van der Waals surface area contributed by atoms with Crippen LogP contribution in [0.25, 0.3) is 11.5 Å². The number of fused-ring (bicyclic) bond motifs is 7. The summed E-state index contributed by atoms with van der Waals surface area (Å²) in [6.45, 7) is 2.18.